The Morgan fingerprint density at radius 1 is 1.37 bits per heavy atom. The van der Waals surface area contributed by atoms with Crippen LogP contribution in [0.3, 0.4) is 0 Å². The number of anilines is 2. The van der Waals surface area contributed by atoms with Gasteiger partial charge in [-0.15, -0.1) is 0 Å². The number of nitrogen functional groups attached to an aromatic ring is 1. The molecule has 0 saturated carbocycles. The van der Waals surface area contributed by atoms with Gasteiger partial charge in [-0.05, 0) is 37.3 Å². The lowest BCUT2D eigenvalue weighted by Gasteiger charge is -2.20. The van der Waals surface area contributed by atoms with E-state index in [2.05, 4.69) is 0 Å². The molecule has 0 fully saturated rings. The SMILES string of the molecule is Cc1ccc(CN(C)c2cc(N)ccc2C(=O)O)o1. The normalized spacial score (nSPS) is 10.4. The van der Waals surface area contributed by atoms with Crippen LogP contribution in [0.1, 0.15) is 21.9 Å². The molecule has 2 rings (SSSR count). The first kappa shape index (κ1) is 13.0. The number of rotatable bonds is 4. The summed E-state index contributed by atoms with van der Waals surface area (Å²) in [5, 5.41) is 9.18. The predicted octanol–water partition coefficient (Wildman–Crippen LogP) is 2.50. The van der Waals surface area contributed by atoms with Crippen molar-refractivity contribution in [3.8, 4) is 0 Å². The second-order valence-electron chi connectivity index (χ2n) is 4.45. The van der Waals surface area contributed by atoms with Crippen LogP contribution < -0.4 is 10.6 Å². The van der Waals surface area contributed by atoms with Crippen LogP contribution in [0.5, 0.6) is 0 Å². The number of hydrogen-bond donors (Lipinski definition) is 2. The molecule has 0 amide bonds. The van der Waals surface area contributed by atoms with Crippen LogP contribution >= 0.6 is 0 Å². The lowest BCUT2D eigenvalue weighted by molar-refractivity contribution is 0.0697. The Hall–Kier alpha value is -2.43. The Kier molecular flexibility index (Phi) is 3.46. The third-order valence-corrected chi connectivity index (χ3v) is 2.85. The number of nitrogens with two attached hydrogens (primary N) is 1. The number of carboxylic acids is 1. The lowest BCUT2D eigenvalue weighted by Crippen LogP contribution is -2.19. The second kappa shape index (κ2) is 5.06. The third kappa shape index (κ3) is 2.88. The van der Waals surface area contributed by atoms with E-state index in [0.29, 0.717) is 17.9 Å². The van der Waals surface area contributed by atoms with E-state index in [0.717, 1.165) is 11.5 Å². The highest BCUT2D eigenvalue weighted by Gasteiger charge is 2.15. The van der Waals surface area contributed by atoms with Crippen LogP contribution in [0.4, 0.5) is 11.4 Å². The fraction of sp³-hybridized carbons (Fsp3) is 0.214. The van der Waals surface area contributed by atoms with E-state index in [1.807, 2.05) is 19.1 Å². The van der Waals surface area contributed by atoms with Gasteiger partial charge >= 0.3 is 5.97 Å². The Bertz CT molecular complexity index is 604. The van der Waals surface area contributed by atoms with Gasteiger partial charge in [0, 0.05) is 12.7 Å². The Balaban J connectivity index is 2.29. The number of aryl methyl sites for hydroxylation is 1. The number of aromatic carboxylic acids is 1. The van der Waals surface area contributed by atoms with Gasteiger partial charge in [-0.1, -0.05) is 0 Å². The maximum atomic E-state index is 11.2. The van der Waals surface area contributed by atoms with E-state index in [-0.39, 0.29) is 5.56 Å². The van der Waals surface area contributed by atoms with Gasteiger partial charge in [0.2, 0.25) is 0 Å². The summed E-state index contributed by atoms with van der Waals surface area (Å²) < 4.78 is 5.49. The van der Waals surface area contributed by atoms with Crippen LogP contribution in [0.2, 0.25) is 0 Å². The molecule has 1 aromatic carbocycles. The van der Waals surface area contributed by atoms with Gasteiger partial charge in [0.15, 0.2) is 0 Å². The summed E-state index contributed by atoms with van der Waals surface area (Å²) in [6.07, 6.45) is 0. The second-order valence-corrected chi connectivity index (χ2v) is 4.45. The largest absolute Gasteiger partial charge is 0.478 e. The van der Waals surface area contributed by atoms with Crippen molar-refractivity contribution in [1.82, 2.24) is 0 Å². The molecule has 2 aromatic rings. The summed E-state index contributed by atoms with van der Waals surface area (Å²) in [5.74, 6) is 0.630. The number of carbonyl (C=O) groups is 1. The average molecular weight is 260 g/mol. The van der Waals surface area contributed by atoms with E-state index in [4.69, 9.17) is 10.2 Å². The van der Waals surface area contributed by atoms with Crippen LogP contribution in [0.25, 0.3) is 0 Å². The quantitative estimate of drug-likeness (QED) is 0.826. The minimum Gasteiger partial charge on any atom is -0.478 e. The molecule has 0 aliphatic rings. The number of nitrogens with zero attached hydrogens (tertiary/aromatic N) is 1. The van der Waals surface area contributed by atoms with Crippen molar-refractivity contribution in [2.45, 2.75) is 13.5 Å². The summed E-state index contributed by atoms with van der Waals surface area (Å²) >= 11 is 0. The van der Waals surface area contributed by atoms with Crippen molar-refractivity contribution in [2.75, 3.05) is 17.7 Å². The zero-order valence-electron chi connectivity index (χ0n) is 10.9. The van der Waals surface area contributed by atoms with Crippen molar-refractivity contribution in [3.05, 3.63) is 47.4 Å². The molecule has 5 heteroatoms. The molecule has 5 nitrogen and oxygen atoms in total. The minimum atomic E-state index is -0.975. The number of carboxylic acid groups (broad SMARTS) is 1. The number of furan rings is 1. The smallest absolute Gasteiger partial charge is 0.337 e. The van der Waals surface area contributed by atoms with Crippen molar-refractivity contribution >= 4 is 17.3 Å². The summed E-state index contributed by atoms with van der Waals surface area (Å²) in [6, 6.07) is 8.49. The first-order valence-electron chi connectivity index (χ1n) is 5.86. The summed E-state index contributed by atoms with van der Waals surface area (Å²) in [7, 11) is 1.80. The summed E-state index contributed by atoms with van der Waals surface area (Å²) in [6.45, 7) is 2.35. The van der Waals surface area contributed by atoms with Gasteiger partial charge in [0.25, 0.3) is 0 Å². The van der Waals surface area contributed by atoms with Crippen molar-refractivity contribution in [1.29, 1.82) is 0 Å². The summed E-state index contributed by atoms with van der Waals surface area (Å²) in [5.41, 5.74) is 7.04. The van der Waals surface area contributed by atoms with Gasteiger partial charge in [-0.3, -0.25) is 0 Å². The molecule has 0 aliphatic heterocycles. The van der Waals surface area contributed by atoms with Crippen LogP contribution in [0.15, 0.2) is 34.7 Å². The van der Waals surface area contributed by atoms with Gasteiger partial charge < -0.3 is 20.2 Å². The van der Waals surface area contributed by atoms with E-state index in [9.17, 15) is 9.90 Å². The monoisotopic (exact) mass is 260 g/mol. The van der Waals surface area contributed by atoms with Crippen molar-refractivity contribution in [2.24, 2.45) is 0 Å². The fourth-order valence-electron chi connectivity index (χ4n) is 1.93. The molecular weight excluding hydrogens is 244 g/mol. The molecule has 0 unspecified atom stereocenters. The van der Waals surface area contributed by atoms with Crippen LogP contribution in [-0.4, -0.2) is 18.1 Å². The van der Waals surface area contributed by atoms with Gasteiger partial charge in [-0.25, -0.2) is 4.79 Å². The van der Waals surface area contributed by atoms with E-state index >= 15 is 0 Å². The number of hydrogen-bond acceptors (Lipinski definition) is 4. The molecule has 0 atom stereocenters. The predicted molar refractivity (Wildman–Crippen MR) is 73.4 cm³/mol. The van der Waals surface area contributed by atoms with Gasteiger partial charge in [0.05, 0.1) is 17.8 Å². The molecule has 0 bridgehead atoms. The van der Waals surface area contributed by atoms with E-state index in [1.54, 1.807) is 24.1 Å². The Labute approximate surface area is 111 Å². The Morgan fingerprint density at radius 2 is 2.11 bits per heavy atom. The molecule has 100 valence electrons. The first-order valence-corrected chi connectivity index (χ1v) is 5.86. The first-order chi connectivity index (χ1) is 8.97. The van der Waals surface area contributed by atoms with E-state index < -0.39 is 5.97 Å². The van der Waals surface area contributed by atoms with Gasteiger partial charge in [0.1, 0.15) is 11.5 Å². The fourth-order valence-corrected chi connectivity index (χ4v) is 1.93. The molecular formula is C14H16N2O3. The molecule has 0 spiro atoms. The third-order valence-electron chi connectivity index (χ3n) is 2.85. The number of benzene rings is 1. The van der Waals surface area contributed by atoms with Gasteiger partial charge in [-0.2, -0.15) is 0 Å². The molecule has 19 heavy (non-hydrogen) atoms. The standard InChI is InChI=1S/C14H16N2O3/c1-9-3-5-11(19-9)8-16(2)13-7-10(15)4-6-12(13)14(17)18/h3-7H,8,15H2,1-2H3,(H,17,18). The highest BCUT2D eigenvalue weighted by Crippen LogP contribution is 2.24. The van der Waals surface area contributed by atoms with Crippen molar-refractivity contribution in [3.63, 3.8) is 0 Å². The zero-order valence-corrected chi connectivity index (χ0v) is 10.9. The average Bonchev–Trinajstić information content (AvgIpc) is 2.74. The van der Waals surface area contributed by atoms with Crippen molar-refractivity contribution < 1.29 is 14.3 Å². The highest BCUT2D eigenvalue weighted by molar-refractivity contribution is 5.95. The molecule has 0 saturated heterocycles. The summed E-state index contributed by atoms with van der Waals surface area (Å²) in [4.78, 5) is 13.0. The maximum Gasteiger partial charge on any atom is 0.337 e. The lowest BCUT2D eigenvalue weighted by atomic mass is 10.1. The van der Waals surface area contributed by atoms with Crippen LogP contribution in [-0.2, 0) is 6.54 Å². The Morgan fingerprint density at radius 3 is 2.68 bits per heavy atom. The molecule has 3 N–H and O–H groups in total. The molecule has 1 heterocycles. The maximum absolute atomic E-state index is 11.2. The highest BCUT2D eigenvalue weighted by atomic mass is 16.4. The van der Waals surface area contributed by atoms with E-state index in [1.165, 1.54) is 6.07 Å². The molecule has 0 radical (unpaired) electrons. The topological polar surface area (TPSA) is 79.7 Å². The zero-order chi connectivity index (χ0) is 14.0. The van der Waals surface area contributed by atoms with Crippen LogP contribution in [0, 0.1) is 6.92 Å². The molecule has 0 aliphatic carbocycles. The minimum absolute atomic E-state index is 0.222. The molecule has 1 aromatic heterocycles.